The minimum atomic E-state index is -0.0885. The molecule has 1 aliphatic carbocycles. The topological polar surface area (TPSA) is 38.3 Å². The summed E-state index contributed by atoms with van der Waals surface area (Å²) in [5, 5.41) is 3.37. The van der Waals surface area contributed by atoms with Crippen molar-refractivity contribution in [1.29, 1.82) is 0 Å². The van der Waals surface area contributed by atoms with Gasteiger partial charge < -0.3 is 10.1 Å². The van der Waals surface area contributed by atoms with Crippen LogP contribution in [-0.4, -0.2) is 25.2 Å². The molecule has 1 saturated carbocycles. The Bertz CT molecular complexity index is 191. The molecule has 13 heavy (non-hydrogen) atoms. The van der Waals surface area contributed by atoms with E-state index in [1.165, 1.54) is 32.8 Å². The Balaban J connectivity index is 1.94. The molecule has 2 unspecified atom stereocenters. The van der Waals surface area contributed by atoms with Gasteiger partial charge in [-0.05, 0) is 25.2 Å². The third-order valence-electron chi connectivity index (χ3n) is 3.35. The summed E-state index contributed by atoms with van der Waals surface area (Å²) in [6.45, 7) is 0. The number of hydrogen-bond donors (Lipinski definition) is 1. The lowest BCUT2D eigenvalue weighted by Gasteiger charge is -2.24. The fourth-order valence-electron chi connectivity index (χ4n) is 2.64. The van der Waals surface area contributed by atoms with Gasteiger partial charge in [0.25, 0.3) is 0 Å². The Labute approximate surface area is 78.8 Å². The van der Waals surface area contributed by atoms with Gasteiger partial charge in [-0.2, -0.15) is 0 Å². The molecular formula is C10H17NO2. The van der Waals surface area contributed by atoms with E-state index in [1.54, 1.807) is 0 Å². The van der Waals surface area contributed by atoms with E-state index in [1.807, 2.05) is 0 Å². The number of rotatable bonds is 1. The molecule has 2 fully saturated rings. The molecule has 2 aliphatic rings. The van der Waals surface area contributed by atoms with Gasteiger partial charge in [-0.3, -0.25) is 4.79 Å². The second-order valence-electron chi connectivity index (χ2n) is 4.13. The lowest BCUT2D eigenvalue weighted by Crippen LogP contribution is -2.37. The van der Waals surface area contributed by atoms with Gasteiger partial charge in [0.15, 0.2) is 0 Å². The summed E-state index contributed by atoms with van der Waals surface area (Å²) in [5.41, 5.74) is 0. The highest BCUT2D eigenvalue weighted by molar-refractivity contribution is 5.76. The number of methoxy groups -OCH3 is 1. The summed E-state index contributed by atoms with van der Waals surface area (Å²) >= 11 is 0. The Morgan fingerprint density at radius 2 is 2.15 bits per heavy atom. The van der Waals surface area contributed by atoms with Crippen molar-refractivity contribution in [1.82, 2.24) is 5.32 Å². The van der Waals surface area contributed by atoms with E-state index in [2.05, 4.69) is 5.32 Å². The third kappa shape index (κ3) is 1.70. The highest BCUT2D eigenvalue weighted by Gasteiger charge is 2.38. The van der Waals surface area contributed by atoms with Crippen molar-refractivity contribution < 1.29 is 9.53 Å². The van der Waals surface area contributed by atoms with E-state index in [9.17, 15) is 4.79 Å². The minimum absolute atomic E-state index is 0.0295. The van der Waals surface area contributed by atoms with Gasteiger partial charge in [-0.15, -0.1) is 0 Å². The van der Waals surface area contributed by atoms with Gasteiger partial charge in [0.2, 0.25) is 0 Å². The predicted molar refractivity (Wildman–Crippen MR) is 49.3 cm³/mol. The average Bonchev–Trinajstić information content (AvgIpc) is 2.59. The Hall–Kier alpha value is -0.570. The zero-order valence-electron chi connectivity index (χ0n) is 8.08. The van der Waals surface area contributed by atoms with Crippen LogP contribution in [-0.2, 0) is 9.53 Å². The van der Waals surface area contributed by atoms with Gasteiger partial charge in [-0.1, -0.05) is 12.8 Å². The van der Waals surface area contributed by atoms with Crippen LogP contribution in [0, 0.1) is 5.92 Å². The fourth-order valence-corrected chi connectivity index (χ4v) is 2.64. The SMILES string of the molecule is COC(=O)[C@@H]1CC2CCCCC2N1. The number of esters is 1. The van der Waals surface area contributed by atoms with E-state index >= 15 is 0 Å². The zero-order chi connectivity index (χ0) is 9.26. The summed E-state index contributed by atoms with van der Waals surface area (Å²) < 4.78 is 4.74. The van der Waals surface area contributed by atoms with Crippen molar-refractivity contribution in [2.45, 2.75) is 44.2 Å². The average molecular weight is 183 g/mol. The first kappa shape index (κ1) is 9.00. The van der Waals surface area contributed by atoms with Crippen molar-refractivity contribution in [2.24, 2.45) is 5.92 Å². The molecule has 0 radical (unpaired) electrons. The number of fused-ring (bicyclic) bond motifs is 1. The number of carbonyl (C=O) groups excluding carboxylic acids is 1. The highest BCUT2D eigenvalue weighted by Crippen LogP contribution is 2.33. The highest BCUT2D eigenvalue weighted by atomic mass is 16.5. The van der Waals surface area contributed by atoms with Crippen molar-refractivity contribution in [2.75, 3.05) is 7.11 Å². The number of nitrogens with one attached hydrogen (secondary N) is 1. The molecule has 1 heterocycles. The smallest absolute Gasteiger partial charge is 0.322 e. The van der Waals surface area contributed by atoms with E-state index in [0.717, 1.165) is 12.3 Å². The number of carbonyl (C=O) groups is 1. The zero-order valence-corrected chi connectivity index (χ0v) is 8.08. The third-order valence-corrected chi connectivity index (χ3v) is 3.35. The van der Waals surface area contributed by atoms with E-state index < -0.39 is 0 Å². The summed E-state index contributed by atoms with van der Waals surface area (Å²) in [6, 6.07) is 0.552. The maximum Gasteiger partial charge on any atom is 0.322 e. The largest absolute Gasteiger partial charge is 0.468 e. The van der Waals surface area contributed by atoms with Gasteiger partial charge in [0.05, 0.1) is 7.11 Å². The van der Waals surface area contributed by atoms with Crippen LogP contribution < -0.4 is 5.32 Å². The molecule has 3 heteroatoms. The summed E-state index contributed by atoms with van der Waals surface area (Å²) in [6.07, 6.45) is 6.14. The van der Waals surface area contributed by atoms with Crippen molar-refractivity contribution in [3.8, 4) is 0 Å². The normalized spacial score (nSPS) is 38.4. The number of hydrogen-bond acceptors (Lipinski definition) is 3. The predicted octanol–water partition coefficient (Wildman–Crippen LogP) is 1.08. The molecule has 2 rings (SSSR count). The summed E-state index contributed by atoms with van der Waals surface area (Å²) in [7, 11) is 1.46. The Morgan fingerprint density at radius 3 is 2.85 bits per heavy atom. The second kappa shape index (κ2) is 3.66. The number of ether oxygens (including phenoxy) is 1. The molecule has 74 valence electrons. The van der Waals surface area contributed by atoms with Crippen LogP contribution in [0.5, 0.6) is 0 Å². The van der Waals surface area contributed by atoms with Gasteiger partial charge in [0, 0.05) is 6.04 Å². The summed E-state index contributed by atoms with van der Waals surface area (Å²) in [4.78, 5) is 11.3. The molecule has 3 nitrogen and oxygen atoms in total. The van der Waals surface area contributed by atoms with Crippen LogP contribution in [0.15, 0.2) is 0 Å². The van der Waals surface area contributed by atoms with Crippen molar-refractivity contribution in [3.63, 3.8) is 0 Å². The van der Waals surface area contributed by atoms with Crippen LogP contribution in [0.3, 0.4) is 0 Å². The molecule has 1 N–H and O–H groups in total. The van der Waals surface area contributed by atoms with Crippen molar-refractivity contribution >= 4 is 5.97 Å². The lowest BCUT2D eigenvalue weighted by atomic mass is 9.85. The summed E-state index contributed by atoms with van der Waals surface area (Å²) in [5.74, 6) is 0.632. The molecule has 0 amide bonds. The van der Waals surface area contributed by atoms with E-state index in [0.29, 0.717) is 6.04 Å². The molecule has 0 aromatic heterocycles. The van der Waals surface area contributed by atoms with Crippen LogP contribution >= 0.6 is 0 Å². The quantitative estimate of drug-likeness (QED) is 0.618. The minimum Gasteiger partial charge on any atom is -0.468 e. The van der Waals surface area contributed by atoms with Crippen LogP contribution in [0.2, 0.25) is 0 Å². The van der Waals surface area contributed by atoms with Crippen LogP contribution in [0.25, 0.3) is 0 Å². The molecule has 3 atom stereocenters. The lowest BCUT2D eigenvalue weighted by molar-refractivity contribution is -0.142. The molecule has 0 aromatic rings. The molecule has 1 saturated heterocycles. The van der Waals surface area contributed by atoms with Gasteiger partial charge in [-0.25, -0.2) is 0 Å². The van der Waals surface area contributed by atoms with Gasteiger partial charge >= 0.3 is 5.97 Å². The fraction of sp³-hybridized carbons (Fsp3) is 0.900. The Morgan fingerprint density at radius 1 is 1.38 bits per heavy atom. The molecule has 0 bridgehead atoms. The first-order chi connectivity index (χ1) is 6.31. The van der Waals surface area contributed by atoms with E-state index in [-0.39, 0.29) is 12.0 Å². The van der Waals surface area contributed by atoms with Crippen molar-refractivity contribution in [3.05, 3.63) is 0 Å². The maximum atomic E-state index is 11.3. The van der Waals surface area contributed by atoms with Crippen LogP contribution in [0.4, 0.5) is 0 Å². The Kier molecular flexibility index (Phi) is 2.54. The second-order valence-corrected chi connectivity index (χ2v) is 4.13. The molecule has 0 spiro atoms. The molecule has 0 aromatic carbocycles. The first-order valence-electron chi connectivity index (χ1n) is 5.15. The molecular weight excluding hydrogens is 166 g/mol. The standard InChI is InChI=1S/C10H17NO2/c1-13-10(12)9-6-7-4-2-3-5-8(7)11-9/h7-9,11H,2-6H2,1H3/t7?,8?,9-/m0/s1. The van der Waals surface area contributed by atoms with E-state index in [4.69, 9.17) is 4.74 Å². The molecule has 1 aliphatic heterocycles. The van der Waals surface area contributed by atoms with Crippen LogP contribution in [0.1, 0.15) is 32.1 Å². The van der Waals surface area contributed by atoms with Gasteiger partial charge in [0.1, 0.15) is 6.04 Å². The first-order valence-corrected chi connectivity index (χ1v) is 5.15. The monoisotopic (exact) mass is 183 g/mol. The maximum absolute atomic E-state index is 11.3.